The fourth-order valence-electron chi connectivity index (χ4n) is 4.07. The van der Waals surface area contributed by atoms with Gasteiger partial charge in [0.2, 0.25) is 5.91 Å². The van der Waals surface area contributed by atoms with Crippen molar-refractivity contribution >= 4 is 34.3 Å². The minimum atomic E-state index is -0.667. The molecule has 0 bridgehead atoms. The van der Waals surface area contributed by atoms with Crippen LogP contribution in [0.15, 0.2) is 76.3 Å². The molecule has 0 spiro atoms. The highest BCUT2D eigenvalue weighted by atomic mass is 35.5. The molecule has 2 amide bonds. The summed E-state index contributed by atoms with van der Waals surface area (Å²) in [7, 11) is 0. The van der Waals surface area contributed by atoms with Crippen LogP contribution in [0.2, 0.25) is 5.02 Å². The molecule has 0 aliphatic rings. The van der Waals surface area contributed by atoms with Gasteiger partial charge in [-0.25, -0.2) is 9.36 Å². The van der Waals surface area contributed by atoms with Crippen molar-refractivity contribution in [2.45, 2.75) is 46.3 Å². The maximum Gasteiger partial charge on any atom is 0.336 e. The monoisotopic (exact) mass is 532 g/mol. The number of carbonyl (C=O) groups excluding carboxylic acids is 2. The van der Waals surface area contributed by atoms with Crippen molar-refractivity contribution in [3.05, 3.63) is 109 Å². The number of aromatic nitrogens is 2. The fraction of sp³-hybridized carbons (Fsp3) is 0.241. The Morgan fingerprint density at radius 1 is 1.00 bits per heavy atom. The maximum absolute atomic E-state index is 13.6. The summed E-state index contributed by atoms with van der Waals surface area (Å²) in [5, 5.41) is 6.41. The molecule has 1 heterocycles. The summed E-state index contributed by atoms with van der Waals surface area (Å²) in [5.74, 6) is -0.775. The molecule has 9 heteroatoms. The van der Waals surface area contributed by atoms with E-state index in [1.54, 1.807) is 36.4 Å². The van der Waals surface area contributed by atoms with Gasteiger partial charge in [0.25, 0.3) is 11.5 Å². The third kappa shape index (κ3) is 5.70. The summed E-state index contributed by atoms with van der Waals surface area (Å²) in [6, 6.07) is 18.6. The molecule has 1 aromatic heterocycles. The second kappa shape index (κ2) is 11.5. The number of nitrogens with one attached hydrogen (secondary N) is 2. The third-order valence-corrected chi connectivity index (χ3v) is 6.79. The van der Waals surface area contributed by atoms with Gasteiger partial charge in [-0.2, -0.15) is 0 Å². The first-order valence-corrected chi connectivity index (χ1v) is 12.7. The van der Waals surface area contributed by atoms with E-state index >= 15 is 0 Å². The van der Waals surface area contributed by atoms with Gasteiger partial charge in [0.05, 0.1) is 16.6 Å². The van der Waals surface area contributed by atoms with Crippen LogP contribution in [0.25, 0.3) is 16.6 Å². The molecule has 196 valence electrons. The molecular formula is C29H29ClN4O4. The lowest BCUT2D eigenvalue weighted by atomic mass is 10.1. The molecule has 38 heavy (non-hydrogen) atoms. The van der Waals surface area contributed by atoms with Crippen molar-refractivity contribution in [2.75, 3.05) is 0 Å². The first-order chi connectivity index (χ1) is 18.2. The molecule has 0 saturated heterocycles. The topological polar surface area (TPSA) is 102 Å². The Labute approximate surface area is 224 Å². The van der Waals surface area contributed by atoms with Crippen molar-refractivity contribution in [3.63, 3.8) is 0 Å². The molecule has 0 fully saturated rings. The van der Waals surface area contributed by atoms with Crippen LogP contribution in [0.3, 0.4) is 0 Å². The van der Waals surface area contributed by atoms with E-state index in [0.29, 0.717) is 10.7 Å². The average molecular weight is 533 g/mol. The van der Waals surface area contributed by atoms with Crippen molar-refractivity contribution < 1.29 is 9.59 Å². The number of nitrogens with zero attached hydrogens (tertiary/aromatic N) is 2. The Balaban J connectivity index is 1.80. The predicted molar refractivity (Wildman–Crippen MR) is 149 cm³/mol. The standard InChI is InChI=1S/C29H29ClN4O4/c1-4-19(3)32-26(35)17-33-25-15-20(27(36)31-16-21-7-5-6-8-24(21)30)11-14-23(25)28(37)34(29(33)38)22-12-9-18(2)10-13-22/h5-15,19H,4,16-17H2,1-3H3,(H,31,36)(H,32,35)/t19-/m0/s1. The van der Waals surface area contributed by atoms with Crippen molar-refractivity contribution in [1.29, 1.82) is 0 Å². The van der Waals surface area contributed by atoms with Gasteiger partial charge in [-0.1, -0.05) is 54.4 Å². The van der Waals surface area contributed by atoms with Gasteiger partial charge in [0, 0.05) is 23.2 Å². The Bertz CT molecular complexity index is 1620. The van der Waals surface area contributed by atoms with Crippen LogP contribution in [-0.2, 0) is 17.9 Å². The molecule has 0 aliphatic heterocycles. The first-order valence-electron chi connectivity index (χ1n) is 12.4. The van der Waals surface area contributed by atoms with E-state index in [4.69, 9.17) is 11.6 Å². The number of fused-ring (bicyclic) bond motifs is 1. The lowest BCUT2D eigenvalue weighted by Crippen LogP contribution is -2.43. The van der Waals surface area contributed by atoms with Gasteiger partial charge in [0.15, 0.2) is 0 Å². The SMILES string of the molecule is CC[C@H](C)NC(=O)Cn1c(=O)n(-c2ccc(C)cc2)c(=O)c2ccc(C(=O)NCc3ccccc3Cl)cc21. The van der Waals surface area contributed by atoms with Gasteiger partial charge in [-0.05, 0) is 62.2 Å². The van der Waals surface area contributed by atoms with E-state index in [2.05, 4.69) is 10.6 Å². The zero-order valence-corrected chi connectivity index (χ0v) is 22.2. The van der Waals surface area contributed by atoms with Gasteiger partial charge in [-0.15, -0.1) is 0 Å². The molecule has 1 atom stereocenters. The van der Waals surface area contributed by atoms with Crippen LogP contribution in [0.4, 0.5) is 0 Å². The van der Waals surface area contributed by atoms with Gasteiger partial charge in [-0.3, -0.25) is 19.0 Å². The summed E-state index contributed by atoms with van der Waals surface area (Å²) in [6.07, 6.45) is 0.722. The van der Waals surface area contributed by atoms with Crippen molar-refractivity contribution in [2.24, 2.45) is 0 Å². The van der Waals surface area contributed by atoms with E-state index in [1.807, 2.05) is 32.9 Å². The molecule has 0 unspecified atom stereocenters. The Morgan fingerprint density at radius 3 is 2.39 bits per heavy atom. The molecular weight excluding hydrogens is 504 g/mol. The maximum atomic E-state index is 13.6. The molecule has 0 aliphatic carbocycles. The number of benzene rings is 3. The Morgan fingerprint density at radius 2 is 1.71 bits per heavy atom. The summed E-state index contributed by atoms with van der Waals surface area (Å²) >= 11 is 6.19. The minimum absolute atomic E-state index is 0.0846. The normalized spacial score (nSPS) is 11.8. The van der Waals surface area contributed by atoms with Crippen molar-refractivity contribution in [3.8, 4) is 5.69 Å². The lowest BCUT2D eigenvalue weighted by Gasteiger charge is -2.17. The number of hydrogen-bond donors (Lipinski definition) is 2. The van der Waals surface area contributed by atoms with Crippen molar-refractivity contribution in [1.82, 2.24) is 19.8 Å². The number of aryl methyl sites for hydroxylation is 1. The van der Waals surface area contributed by atoms with E-state index in [-0.39, 0.29) is 41.5 Å². The molecule has 0 saturated carbocycles. The highest BCUT2D eigenvalue weighted by Crippen LogP contribution is 2.16. The molecule has 0 radical (unpaired) electrons. The van der Waals surface area contributed by atoms with Crippen LogP contribution in [0, 0.1) is 6.92 Å². The number of amides is 2. The van der Waals surface area contributed by atoms with Gasteiger partial charge in [0.1, 0.15) is 6.54 Å². The lowest BCUT2D eigenvalue weighted by molar-refractivity contribution is -0.122. The second-order valence-corrected chi connectivity index (χ2v) is 9.63. The number of halogens is 1. The third-order valence-electron chi connectivity index (χ3n) is 6.42. The smallest absolute Gasteiger partial charge is 0.336 e. The summed E-state index contributed by atoms with van der Waals surface area (Å²) in [4.78, 5) is 52.9. The van der Waals surface area contributed by atoms with E-state index < -0.39 is 17.2 Å². The molecule has 8 nitrogen and oxygen atoms in total. The fourth-order valence-corrected chi connectivity index (χ4v) is 4.27. The average Bonchev–Trinajstić information content (AvgIpc) is 2.91. The summed E-state index contributed by atoms with van der Waals surface area (Å²) < 4.78 is 2.29. The number of rotatable bonds is 8. The number of hydrogen-bond acceptors (Lipinski definition) is 4. The van der Waals surface area contributed by atoms with Crippen LogP contribution >= 0.6 is 11.6 Å². The first kappa shape index (κ1) is 26.9. The molecule has 4 rings (SSSR count). The van der Waals surface area contributed by atoms with E-state index in [1.165, 1.54) is 22.8 Å². The van der Waals surface area contributed by atoms with Crippen LogP contribution in [-0.4, -0.2) is 27.0 Å². The van der Waals surface area contributed by atoms with Gasteiger partial charge < -0.3 is 10.6 Å². The van der Waals surface area contributed by atoms with Crippen LogP contribution in [0.1, 0.15) is 41.8 Å². The zero-order valence-electron chi connectivity index (χ0n) is 21.5. The summed E-state index contributed by atoms with van der Waals surface area (Å²) in [6.45, 7) is 5.61. The van der Waals surface area contributed by atoms with Crippen LogP contribution in [0.5, 0.6) is 0 Å². The van der Waals surface area contributed by atoms with Gasteiger partial charge >= 0.3 is 5.69 Å². The second-order valence-electron chi connectivity index (χ2n) is 9.23. The largest absolute Gasteiger partial charge is 0.352 e. The zero-order chi connectivity index (χ0) is 27.4. The quantitative estimate of drug-likeness (QED) is 0.358. The Hall–Kier alpha value is -4.17. The van der Waals surface area contributed by atoms with E-state index in [0.717, 1.165) is 22.1 Å². The predicted octanol–water partition coefficient (Wildman–Crippen LogP) is 3.96. The van der Waals surface area contributed by atoms with Crippen LogP contribution < -0.4 is 21.9 Å². The minimum Gasteiger partial charge on any atom is -0.352 e. The molecule has 2 N–H and O–H groups in total. The molecule has 3 aromatic carbocycles. The summed E-state index contributed by atoms with van der Waals surface area (Å²) in [5.41, 5.74) is 1.37. The van der Waals surface area contributed by atoms with E-state index in [9.17, 15) is 19.2 Å². The Kier molecular flexibility index (Phi) is 8.12. The highest BCUT2D eigenvalue weighted by Gasteiger charge is 2.19. The molecule has 4 aromatic rings. The number of carbonyl (C=O) groups is 2. The highest BCUT2D eigenvalue weighted by molar-refractivity contribution is 6.31.